The second-order valence-electron chi connectivity index (χ2n) is 2.49. The van der Waals surface area contributed by atoms with E-state index in [2.05, 4.69) is 19.5 Å². The average molecular weight is 203 g/mol. The van der Waals surface area contributed by atoms with Crippen molar-refractivity contribution < 1.29 is 28.6 Å². The third-order valence-corrected chi connectivity index (χ3v) is 1.70. The molecule has 1 fully saturated rings. The van der Waals surface area contributed by atoms with Crippen LogP contribution < -0.4 is 5.32 Å². The highest BCUT2D eigenvalue weighted by Gasteiger charge is 2.45. The third kappa shape index (κ3) is 1.76. The number of ether oxygens (including phenoxy) is 3. The number of carbonyl (C=O) groups is 3. The van der Waals surface area contributed by atoms with Crippen molar-refractivity contribution in [1.82, 2.24) is 5.32 Å². The minimum atomic E-state index is -1.28. The van der Waals surface area contributed by atoms with Crippen LogP contribution in [0.1, 0.15) is 0 Å². The van der Waals surface area contributed by atoms with E-state index in [0.29, 0.717) is 0 Å². The molecule has 0 unspecified atom stereocenters. The summed E-state index contributed by atoms with van der Waals surface area (Å²) in [5.41, 5.74) is 0. The number of rotatable bonds is 2. The largest absolute Gasteiger partial charge is 0.467 e. The number of esters is 2. The van der Waals surface area contributed by atoms with Crippen molar-refractivity contribution in [2.45, 2.75) is 12.1 Å². The number of nitrogens with one attached hydrogen (secondary N) is 1. The summed E-state index contributed by atoms with van der Waals surface area (Å²) in [6, 6.07) is -1.14. The van der Waals surface area contributed by atoms with Crippen molar-refractivity contribution in [3.63, 3.8) is 0 Å². The Hall–Kier alpha value is -1.79. The topological polar surface area (TPSA) is 90.9 Å². The molecule has 1 rings (SSSR count). The molecular weight excluding hydrogens is 194 g/mol. The Kier molecular flexibility index (Phi) is 2.90. The van der Waals surface area contributed by atoms with Gasteiger partial charge in [0.15, 0.2) is 6.04 Å². The van der Waals surface area contributed by atoms with Gasteiger partial charge in [0, 0.05) is 0 Å². The van der Waals surface area contributed by atoms with E-state index in [9.17, 15) is 14.4 Å². The van der Waals surface area contributed by atoms with E-state index in [1.54, 1.807) is 0 Å². The van der Waals surface area contributed by atoms with Gasteiger partial charge in [-0.1, -0.05) is 0 Å². The van der Waals surface area contributed by atoms with Crippen molar-refractivity contribution in [1.29, 1.82) is 0 Å². The van der Waals surface area contributed by atoms with Gasteiger partial charge in [-0.15, -0.1) is 0 Å². The number of cyclic esters (lactones) is 1. The van der Waals surface area contributed by atoms with Gasteiger partial charge < -0.3 is 19.5 Å². The molecule has 0 saturated carbocycles. The molecule has 1 aliphatic heterocycles. The average Bonchev–Trinajstić information content (AvgIpc) is 2.58. The van der Waals surface area contributed by atoms with Gasteiger partial charge in [0.2, 0.25) is 6.10 Å². The number of methoxy groups -OCH3 is 2. The van der Waals surface area contributed by atoms with Crippen LogP contribution in [0.25, 0.3) is 0 Å². The predicted molar refractivity (Wildman–Crippen MR) is 41.2 cm³/mol. The predicted octanol–water partition coefficient (Wildman–Crippen LogP) is -1.19. The first-order chi connectivity index (χ1) is 6.60. The molecular formula is C7H9NO6. The van der Waals surface area contributed by atoms with Crippen LogP contribution >= 0.6 is 0 Å². The number of hydrogen-bond acceptors (Lipinski definition) is 6. The second kappa shape index (κ2) is 3.95. The first-order valence-corrected chi connectivity index (χ1v) is 3.73. The highest BCUT2D eigenvalue weighted by atomic mass is 16.6. The van der Waals surface area contributed by atoms with E-state index in [-0.39, 0.29) is 0 Å². The highest BCUT2D eigenvalue weighted by molar-refractivity contribution is 5.93. The van der Waals surface area contributed by atoms with E-state index in [4.69, 9.17) is 0 Å². The normalized spacial score (nSPS) is 24.9. The van der Waals surface area contributed by atoms with Crippen LogP contribution in [-0.2, 0) is 23.8 Å². The lowest BCUT2D eigenvalue weighted by molar-refractivity contribution is -0.156. The van der Waals surface area contributed by atoms with Crippen LogP contribution in [0.5, 0.6) is 0 Å². The molecule has 0 bridgehead atoms. The Morgan fingerprint density at radius 2 is 1.86 bits per heavy atom. The number of amides is 1. The van der Waals surface area contributed by atoms with Crippen LogP contribution in [0.2, 0.25) is 0 Å². The van der Waals surface area contributed by atoms with Crippen molar-refractivity contribution >= 4 is 18.0 Å². The molecule has 1 aliphatic rings. The van der Waals surface area contributed by atoms with E-state index in [0.717, 1.165) is 14.2 Å². The maximum Gasteiger partial charge on any atom is 0.408 e. The maximum atomic E-state index is 11.1. The van der Waals surface area contributed by atoms with Crippen molar-refractivity contribution in [2.75, 3.05) is 14.2 Å². The molecule has 1 heterocycles. The van der Waals surface area contributed by atoms with Crippen LogP contribution in [-0.4, -0.2) is 44.4 Å². The van der Waals surface area contributed by atoms with Gasteiger partial charge in [-0.05, 0) is 0 Å². The quantitative estimate of drug-likeness (QED) is 0.448. The lowest BCUT2D eigenvalue weighted by atomic mass is 10.2. The number of alkyl carbamates (subject to hydrolysis) is 1. The van der Waals surface area contributed by atoms with Crippen molar-refractivity contribution in [3.8, 4) is 0 Å². The zero-order valence-electron chi connectivity index (χ0n) is 7.60. The maximum absolute atomic E-state index is 11.1. The highest BCUT2D eigenvalue weighted by Crippen LogP contribution is 2.11. The summed E-state index contributed by atoms with van der Waals surface area (Å²) in [5.74, 6) is -1.56. The van der Waals surface area contributed by atoms with Crippen LogP contribution in [0.3, 0.4) is 0 Å². The van der Waals surface area contributed by atoms with Gasteiger partial charge in [-0.3, -0.25) is 0 Å². The molecule has 1 N–H and O–H groups in total. The fourth-order valence-corrected chi connectivity index (χ4v) is 1.03. The minimum absolute atomic E-state index is 0.758. The summed E-state index contributed by atoms with van der Waals surface area (Å²) in [5, 5.41) is 2.13. The van der Waals surface area contributed by atoms with Crippen LogP contribution in [0.4, 0.5) is 4.79 Å². The second-order valence-corrected chi connectivity index (χ2v) is 2.49. The summed E-state index contributed by atoms with van der Waals surface area (Å²) in [7, 11) is 2.27. The molecule has 0 spiro atoms. The lowest BCUT2D eigenvalue weighted by Gasteiger charge is -2.11. The smallest absolute Gasteiger partial charge is 0.408 e. The van der Waals surface area contributed by atoms with E-state index in [1.165, 1.54) is 0 Å². The number of carbonyl (C=O) groups excluding carboxylic acids is 3. The first-order valence-electron chi connectivity index (χ1n) is 3.73. The fourth-order valence-electron chi connectivity index (χ4n) is 1.03. The summed E-state index contributed by atoms with van der Waals surface area (Å²) >= 11 is 0. The monoisotopic (exact) mass is 203 g/mol. The lowest BCUT2D eigenvalue weighted by Crippen LogP contribution is -2.44. The zero-order chi connectivity index (χ0) is 10.7. The summed E-state index contributed by atoms with van der Waals surface area (Å²) < 4.78 is 13.2. The van der Waals surface area contributed by atoms with Gasteiger partial charge in [-0.2, -0.15) is 0 Å². The van der Waals surface area contributed by atoms with Gasteiger partial charge in [0.1, 0.15) is 0 Å². The number of hydrogen-bond donors (Lipinski definition) is 1. The van der Waals surface area contributed by atoms with Gasteiger partial charge >= 0.3 is 18.0 Å². The third-order valence-electron chi connectivity index (χ3n) is 1.70. The van der Waals surface area contributed by atoms with Crippen molar-refractivity contribution in [2.24, 2.45) is 0 Å². The standard InChI is InChI=1S/C7H9NO6/c1-12-5(9)3-4(6(10)13-2)14-7(11)8-3/h3-4H,1-2H3,(H,8,11)/t3-,4-/m0/s1. The zero-order valence-corrected chi connectivity index (χ0v) is 7.60. The van der Waals surface area contributed by atoms with Gasteiger partial charge in [0.05, 0.1) is 14.2 Å². The Morgan fingerprint density at radius 3 is 2.36 bits per heavy atom. The van der Waals surface area contributed by atoms with Crippen LogP contribution in [0.15, 0.2) is 0 Å². The van der Waals surface area contributed by atoms with E-state index >= 15 is 0 Å². The summed E-state index contributed by atoms with van der Waals surface area (Å²) in [4.78, 5) is 32.9. The molecule has 7 nitrogen and oxygen atoms in total. The first kappa shape index (κ1) is 10.3. The molecule has 78 valence electrons. The molecule has 0 aromatic carbocycles. The fraction of sp³-hybridized carbons (Fsp3) is 0.571. The molecule has 7 heteroatoms. The van der Waals surface area contributed by atoms with Gasteiger partial charge in [-0.25, -0.2) is 14.4 Å². The molecule has 0 aromatic rings. The van der Waals surface area contributed by atoms with Crippen LogP contribution in [0, 0.1) is 0 Å². The van der Waals surface area contributed by atoms with E-state index in [1.807, 2.05) is 0 Å². The molecule has 1 amide bonds. The Balaban J connectivity index is 2.77. The minimum Gasteiger partial charge on any atom is -0.467 e. The summed E-state index contributed by atoms with van der Waals surface area (Å²) in [6.07, 6.45) is -2.13. The van der Waals surface area contributed by atoms with Crippen molar-refractivity contribution in [3.05, 3.63) is 0 Å². The molecule has 0 aliphatic carbocycles. The molecule has 14 heavy (non-hydrogen) atoms. The molecule has 0 radical (unpaired) electrons. The van der Waals surface area contributed by atoms with Gasteiger partial charge in [0.25, 0.3) is 0 Å². The Bertz CT molecular complexity index is 249. The summed E-state index contributed by atoms with van der Waals surface area (Å²) in [6.45, 7) is 0. The molecule has 2 atom stereocenters. The SMILES string of the molecule is COC(=O)[C@H]1NC(=O)O[C@@H]1C(=O)OC. The molecule has 0 aromatic heterocycles. The Morgan fingerprint density at radius 1 is 1.29 bits per heavy atom. The van der Waals surface area contributed by atoms with E-state index < -0.39 is 30.2 Å². The molecule has 1 saturated heterocycles. The Labute approximate surface area is 79.3 Å².